The Kier molecular flexibility index (Phi) is 2.82. The van der Waals surface area contributed by atoms with Crippen LogP contribution in [0.5, 0.6) is 0 Å². The number of H-pyrrole nitrogens is 1. The first-order chi connectivity index (χ1) is 6.98. The minimum absolute atomic E-state index is 0.0299. The molecule has 0 bridgehead atoms. The van der Waals surface area contributed by atoms with Gasteiger partial charge in [0.2, 0.25) is 5.13 Å². The van der Waals surface area contributed by atoms with Gasteiger partial charge < -0.3 is 4.90 Å². The third kappa shape index (κ3) is 2.37. The highest BCUT2D eigenvalue weighted by Gasteiger charge is 2.29. The van der Waals surface area contributed by atoms with E-state index in [1.54, 1.807) is 0 Å². The van der Waals surface area contributed by atoms with Crippen molar-refractivity contribution in [2.45, 2.75) is 13.0 Å². The van der Waals surface area contributed by atoms with Crippen LogP contribution in [0.25, 0.3) is 0 Å². The van der Waals surface area contributed by atoms with Gasteiger partial charge in [-0.15, -0.1) is 5.10 Å². The maximum absolute atomic E-state index is 11.4. The van der Waals surface area contributed by atoms with E-state index in [-0.39, 0.29) is 17.5 Å². The lowest BCUT2D eigenvalue weighted by atomic mass is 10.3. The molecular weight excluding hydrogens is 254 g/mol. The molecule has 15 heavy (non-hydrogen) atoms. The van der Waals surface area contributed by atoms with Crippen molar-refractivity contribution >= 4 is 38.5 Å². The summed E-state index contributed by atoms with van der Waals surface area (Å²) in [6.45, 7) is 2.39. The maximum atomic E-state index is 11.4. The summed E-state index contributed by atoms with van der Waals surface area (Å²) < 4.78 is 23.4. The Balaban J connectivity index is 2.23. The largest absolute Gasteiger partial charge is 0.342 e. The minimum atomic E-state index is -2.87. The fraction of sp³-hybridized carbons (Fsp3) is 0.714. The zero-order chi connectivity index (χ0) is 11.1. The molecule has 8 heteroatoms. The second kappa shape index (κ2) is 3.84. The highest BCUT2D eigenvalue weighted by atomic mass is 32.2. The lowest BCUT2D eigenvalue weighted by molar-refractivity contribution is 0.567. The normalized spacial score (nSPS) is 25.4. The number of hydrogen-bond acceptors (Lipinski definition) is 6. The Morgan fingerprint density at radius 2 is 2.40 bits per heavy atom. The van der Waals surface area contributed by atoms with Gasteiger partial charge in [0.05, 0.1) is 11.5 Å². The lowest BCUT2D eigenvalue weighted by Crippen LogP contribution is -2.47. The zero-order valence-corrected chi connectivity index (χ0v) is 10.6. The fourth-order valence-electron chi connectivity index (χ4n) is 1.63. The molecule has 1 aromatic heterocycles. The van der Waals surface area contributed by atoms with Gasteiger partial charge >= 0.3 is 0 Å². The van der Waals surface area contributed by atoms with Crippen molar-refractivity contribution < 1.29 is 8.42 Å². The summed E-state index contributed by atoms with van der Waals surface area (Å²) in [6.07, 6.45) is 0. The van der Waals surface area contributed by atoms with E-state index in [1.165, 1.54) is 11.3 Å². The molecule has 1 N–H and O–H groups in total. The molecule has 1 saturated heterocycles. The van der Waals surface area contributed by atoms with Gasteiger partial charge in [-0.25, -0.2) is 8.42 Å². The van der Waals surface area contributed by atoms with E-state index < -0.39 is 9.84 Å². The number of aromatic amines is 1. The molecule has 2 heterocycles. The number of anilines is 1. The maximum Gasteiger partial charge on any atom is 0.207 e. The molecule has 0 radical (unpaired) electrons. The van der Waals surface area contributed by atoms with Gasteiger partial charge in [0, 0.05) is 12.6 Å². The Labute approximate surface area is 97.0 Å². The molecule has 2 rings (SSSR count). The van der Waals surface area contributed by atoms with Gasteiger partial charge in [-0.3, -0.25) is 5.10 Å². The average molecular weight is 265 g/mol. The van der Waals surface area contributed by atoms with Crippen LogP contribution >= 0.6 is 23.6 Å². The van der Waals surface area contributed by atoms with E-state index in [2.05, 4.69) is 10.2 Å². The van der Waals surface area contributed by atoms with Crippen molar-refractivity contribution in [3.8, 4) is 0 Å². The van der Waals surface area contributed by atoms with E-state index in [4.69, 9.17) is 12.2 Å². The fourth-order valence-corrected chi connectivity index (χ4v) is 4.19. The third-order valence-electron chi connectivity index (χ3n) is 2.34. The number of aromatic nitrogens is 2. The van der Waals surface area contributed by atoms with Crippen LogP contribution in [0.1, 0.15) is 6.92 Å². The van der Waals surface area contributed by atoms with Crippen molar-refractivity contribution in [1.29, 1.82) is 0 Å². The Hall–Kier alpha value is -0.470. The van der Waals surface area contributed by atoms with Gasteiger partial charge in [-0.2, -0.15) is 0 Å². The van der Waals surface area contributed by atoms with Crippen LogP contribution in [0.3, 0.4) is 0 Å². The molecule has 1 atom stereocenters. The van der Waals surface area contributed by atoms with Crippen LogP contribution in [-0.2, 0) is 9.84 Å². The van der Waals surface area contributed by atoms with Gasteiger partial charge in [-0.05, 0) is 19.1 Å². The van der Waals surface area contributed by atoms with Crippen LogP contribution in [-0.4, -0.2) is 42.7 Å². The van der Waals surface area contributed by atoms with Crippen molar-refractivity contribution in [3.63, 3.8) is 0 Å². The smallest absolute Gasteiger partial charge is 0.207 e. The highest BCUT2D eigenvalue weighted by molar-refractivity contribution is 7.91. The Morgan fingerprint density at radius 3 is 2.93 bits per heavy atom. The Bertz CT molecular complexity index is 504. The third-order valence-corrected chi connectivity index (χ3v) is 5.26. The minimum Gasteiger partial charge on any atom is -0.342 e. The zero-order valence-electron chi connectivity index (χ0n) is 8.13. The summed E-state index contributed by atoms with van der Waals surface area (Å²) in [5.74, 6) is 0.392. The van der Waals surface area contributed by atoms with E-state index in [0.717, 1.165) is 5.13 Å². The highest BCUT2D eigenvalue weighted by Crippen LogP contribution is 2.23. The summed E-state index contributed by atoms with van der Waals surface area (Å²) in [5.41, 5.74) is 0. The second-order valence-corrected chi connectivity index (χ2v) is 7.43. The number of nitrogens with one attached hydrogen (secondary N) is 1. The van der Waals surface area contributed by atoms with Crippen LogP contribution in [0.15, 0.2) is 0 Å². The van der Waals surface area contributed by atoms with E-state index in [1.807, 2.05) is 11.8 Å². The molecule has 0 aromatic carbocycles. The van der Waals surface area contributed by atoms with Gasteiger partial charge in [0.1, 0.15) is 0 Å². The van der Waals surface area contributed by atoms with Crippen molar-refractivity contribution in [2.24, 2.45) is 0 Å². The summed E-state index contributed by atoms with van der Waals surface area (Å²) in [4.78, 5) is 1.98. The molecule has 1 aliphatic rings. The van der Waals surface area contributed by atoms with Gasteiger partial charge in [-0.1, -0.05) is 11.3 Å². The predicted octanol–water partition coefficient (Wildman–Crippen LogP) is 0.824. The molecule has 1 aromatic rings. The van der Waals surface area contributed by atoms with E-state index in [0.29, 0.717) is 10.5 Å². The van der Waals surface area contributed by atoms with Crippen molar-refractivity contribution in [2.75, 3.05) is 23.0 Å². The summed E-state index contributed by atoms with van der Waals surface area (Å²) in [6, 6.07) is -0.0299. The standard InChI is InChI=1S/C7H11N3O2S3/c1-5-4-15(11,12)3-2-10(5)6-8-9-7(13)14-6/h5H,2-4H2,1H3,(H,9,13). The first-order valence-corrected chi connectivity index (χ1v) is 7.55. The average Bonchev–Trinajstić information content (AvgIpc) is 2.50. The molecule has 0 spiro atoms. The predicted molar refractivity (Wildman–Crippen MR) is 62.8 cm³/mol. The number of rotatable bonds is 1. The molecule has 1 unspecified atom stereocenters. The molecule has 1 aliphatic heterocycles. The molecule has 0 saturated carbocycles. The van der Waals surface area contributed by atoms with Crippen LogP contribution in [0.4, 0.5) is 5.13 Å². The molecule has 84 valence electrons. The number of hydrogen-bond donors (Lipinski definition) is 1. The topological polar surface area (TPSA) is 66.1 Å². The summed E-state index contributed by atoms with van der Waals surface area (Å²) >= 11 is 6.32. The number of nitrogens with zero attached hydrogens (tertiary/aromatic N) is 2. The monoisotopic (exact) mass is 265 g/mol. The first-order valence-electron chi connectivity index (χ1n) is 4.50. The van der Waals surface area contributed by atoms with Crippen LogP contribution in [0.2, 0.25) is 0 Å². The van der Waals surface area contributed by atoms with E-state index in [9.17, 15) is 8.42 Å². The SMILES string of the molecule is CC1CS(=O)(=O)CCN1c1n[nH]c(=S)s1. The number of sulfone groups is 1. The van der Waals surface area contributed by atoms with Crippen molar-refractivity contribution in [3.05, 3.63) is 3.95 Å². The molecule has 0 amide bonds. The Morgan fingerprint density at radius 1 is 1.67 bits per heavy atom. The summed E-state index contributed by atoms with van der Waals surface area (Å²) in [7, 11) is -2.87. The molecule has 1 fully saturated rings. The van der Waals surface area contributed by atoms with Crippen LogP contribution < -0.4 is 4.90 Å². The van der Waals surface area contributed by atoms with Crippen LogP contribution in [0, 0.1) is 3.95 Å². The lowest BCUT2D eigenvalue weighted by Gasteiger charge is -2.32. The van der Waals surface area contributed by atoms with Gasteiger partial charge in [0.15, 0.2) is 13.8 Å². The first kappa shape index (κ1) is 11.0. The summed E-state index contributed by atoms with van der Waals surface area (Å²) in [5, 5.41) is 7.54. The second-order valence-electron chi connectivity index (χ2n) is 3.55. The van der Waals surface area contributed by atoms with E-state index >= 15 is 0 Å². The quantitative estimate of drug-likeness (QED) is 0.762. The molecule has 5 nitrogen and oxygen atoms in total. The van der Waals surface area contributed by atoms with Gasteiger partial charge in [0.25, 0.3) is 0 Å². The molecule has 0 aliphatic carbocycles. The molecular formula is C7H11N3O2S3. The van der Waals surface area contributed by atoms with Crippen molar-refractivity contribution in [1.82, 2.24) is 10.2 Å².